The summed E-state index contributed by atoms with van der Waals surface area (Å²) in [6.45, 7) is 0.351. The molecule has 0 bridgehead atoms. The Morgan fingerprint density at radius 2 is 1.91 bits per heavy atom. The topological polar surface area (TPSA) is 122 Å². The predicted octanol–water partition coefficient (Wildman–Crippen LogP) is 0.851. The Bertz CT molecular complexity index is 741. The molecule has 0 fully saturated rings. The summed E-state index contributed by atoms with van der Waals surface area (Å²) in [5.41, 5.74) is 6.66. The molecular weight excluding hydrogens is 298 g/mol. The number of pyridine rings is 1. The third-order valence-electron chi connectivity index (χ3n) is 3.15. The van der Waals surface area contributed by atoms with Gasteiger partial charge < -0.3 is 16.2 Å². The van der Waals surface area contributed by atoms with Crippen LogP contribution >= 0.6 is 0 Å². The van der Waals surface area contributed by atoms with Gasteiger partial charge in [0.2, 0.25) is 5.91 Å². The van der Waals surface area contributed by atoms with E-state index >= 15 is 0 Å². The first-order valence-corrected chi connectivity index (χ1v) is 6.83. The number of carboxylic acids is 1. The third kappa shape index (κ3) is 4.37. The molecule has 1 heterocycles. The molecule has 0 aliphatic carbocycles. The first kappa shape index (κ1) is 16.2. The smallest absolute Gasteiger partial charge is 0.337 e. The number of benzene rings is 1. The second-order valence-electron chi connectivity index (χ2n) is 4.81. The van der Waals surface area contributed by atoms with Crippen molar-refractivity contribution in [2.75, 3.05) is 6.54 Å². The number of rotatable bonds is 6. The monoisotopic (exact) mass is 313 g/mol. The van der Waals surface area contributed by atoms with E-state index in [4.69, 9.17) is 10.8 Å². The summed E-state index contributed by atoms with van der Waals surface area (Å²) in [6.07, 6.45) is 1.66. The second kappa shape index (κ2) is 7.17. The number of primary amides is 1. The van der Waals surface area contributed by atoms with E-state index in [0.717, 1.165) is 11.8 Å². The quantitative estimate of drug-likeness (QED) is 0.729. The van der Waals surface area contributed by atoms with Gasteiger partial charge in [-0.2, -0.15) is 0 Å². The van der Waals surface area contributed by atoms with Crippen LogP contribution in [0.15, 0.2) is 42.6 Å². The zero-order valence-corrected chi connectivity index (χ0v) is 12.2. The van der Waals surface area contributed by atoms with Crippen LogP contribution in [0.3, 0.4) is 0 Å². The fourth-order valence-electron chi connectivity index (χ4n) is 1.95. The highest BCUT2D eigenvalue weighted by molar-refractivity contribution is 5.94. The van der Waals surface area contributed by atoms with E-state index in [0.29, 0.717) is 18.5 Å². The van der Waals surface area contributed by atoms with Crippen molar-refractivity contribution >= 4 is 17.8 Å². The normalized spacial score (nSPS) is 10.1. The molecule has 1 aromatic carbocycles. The highest BCUT2D eigenvalue weighted by Gasteiger charge is 2.09. The molecule has 0 spiro atoms. The van der Waals surface area contributed by atoms with E-state index in [9.17, 15) is 14.4 Å². The lowest BCUT2D eigenvalue weighted by atomic mass is 10.1. The summed E-state index contributed by atoms with van der Waals surface area (Å²) in [5.74, 6) is -2.00. The van der Waals surface area contributed by atoms with Crippen LogP contribution in [0.1, 0.15) is 36.8 Å². The Kier molecular flexibility index (Phi) is 5.03. The number of aromatic carboxylic acids is 1. The van der Waals surface area contributed by atoms with Crippen molar-refractivity contribution in [1.29, 1.82) is 0 Å². The molecule has 0 unspecified atom stereocenters. The predicted molar refractivity (Wildman–Crippen MR) is 82.2 cm³/mol. The van der Waals surface area contributed by atoms with Gasteiger partial charge in [-0.3, -0.25) is 14.6 Å². The number of nitrogens with zero attached hydrogens (tertiary/aromatic N) is 1. The fraction of sp³-hybridized carbons (Fsp3) is 0.125. The van der Waals surface area contributed by atoms with Crippen LogP contribution in [0.4, 0.5) is 0 Å². The van der Waals surface area contributed by atoms with Crippen molar-refractivity contribution in [3.63, 3.8) is 0 Å². The lowest BCUT2D eigenvalue weighted by Crippen LogP contribution is -2.26. The highest BCUT2D eigenvalue weighted by Crippen LogP contribution is 2.05. The second-order valence-corrected chi connectivity index (χ2v) is 4.81. The largest absolute Gasteiger partial charge is 0.478 e. The van der Waals surface area contributed by atoms with Crippen molar-refractivity contribution in [3.8, 4) is 0 Å². The zero-order chi connectivity index (χ0) is 16.8. The number of nitrogens with two attached hydrogens (primary N) is 1. The standard InChI is InChI=1S/C16H15N3O4/c17-14(20)11-3-1-2-10(8-11)6-7-18-15(21)13-5-4-12(9-19-13)16(22)23/h1-5,8-9H,6-7H2,(H2,17,20)(H,18,21)(H,22,23). The van der Waals surface area contributed by atoms with Gasteiger partial charge in [-0.15, -0.1) is 0 Å². The maximum absolute atomic E-state index is 11.9. The average Bonchev–Trinajstić information content (AvgIpc) is 2.55. The fourth-order valence-corrected chi connectivity index (χ4v) is 1.95. The molecule has 0 radical (unpaired) electrons. The minimum Gasteiger partial charge on any atom is -0.478 e. The van der Waals surface area contributed by atoms with Gasteiger partial charge in [0.15, 0.2) is 0 Å². The molecule has 7 nitrogen and oxygen atoms in total. The van der Waals surface area contributed by atoms with Crippen LogP contribution < -0.4 is 11.1 Å². The van der Waals surface area contributed by atoms with E-state index in [2.05, 4.69) is 10.3 Å². The summed E-state index contributed by atoms with van der Waals surface area (Å²) >= 11 is 0. The van der Waals surface area contributed by atoms with Crippen molar-refractivity contribution in [1.82, 2.24) is 10.3 Å². The molecule has 0 saturated heterocycles. The number of carbonyl (C=O) groups excluding carboxylic acids is 2. The van der Waals surface area contributed by atoms with E-state index in [1.807, 2.05) is 6.07 Å². The number of carbonyl (C=O) groups is 3. The molecule has 118 valence electrons. The highest BCUT2D eigenvalue weighted by atomic mass is 16.4. The minimum atomic E-state index is -1.10. The Morgan fingerprint density at radius 1 is 1.13 bits per heavy atom. The van der Waals surface area contributed by atoms with Crippen molar-refractivity contribution in [2.45, 2.75) is 6.42 Å². The molecule has 2 rings (SSSR count). The first-order valence-electron chi connectivity index (χ1n) is 6.83. The van der Waals surface area contributed by atoms with Gasteiger partial charge in [-0.05, 0) is 36.2 Å². The molecule has 0 aliphatic heterocycles. The van der Waals surface area contributed by atoms with Gasteiger partial charge in [0.25, 0.3) is 5.91 Å². The zero-order valence-electron chi connectivity index (χ0n) is 12.2. The summed E-state index contributed by atoms with van der Waals surface area (Å²) in [4.78, 5) is 37.5. The van der Waals surface area contributed by atoms with E-state index in [1.54, 1.807) is 18.2 Å². The minimum absolute atomic E-state index is 0.0183. The van der Waals surface area contributed by atoms with Crippen molar-refractivity contribution in [2.24, 2.45) is 5.73 Å². The van der Waals surface area contributed by atoms with Crippen LogP contribution in [0, 0.1) is 0 Å². The van der Waals surface area contributed by atoms with Gasteiger partial charge in [-0.25, -0.2) is 4.79 Å². The summed E-state index contributed by atoms with van der Waals surface area (Å²) in [6, 6.07) is 9.53. The molecular formula is C16H15N3O4. The maximum atomic E-state index is 11.9. The molecule has 7 heteroatoms. The van der Waals surface area contributed by atoms with E-state index < -0.39 is 17.8 Å². The van der Waals surface area contributed by atoms with Crippen LogP contribution in [0.2, 0.25) is 0 Å². The van der Waals surface area contributed by atoms with Crippen LogP contribution in [0.5, 0.6) is 0 Å². The summed E-state index contributed by atoms with van der Waals surface area (Å²) < 4.78 is 0. The van der Waals surface area contributed by atoms with Crippen molar-refractivity contribution < 1.29 is 19.5 Å². The summed E-state index contributed by atoms with van der Waals surface area (Å²) in [5, 5.41) is 11.4. The molecule has 4 N–H and O–H groups in total. The number of amides is 2. The Labute approximate surface area is 132 Å². The molecule has 1 aromatic heterocycles. The molecule has 2 aromatic rings. The molecule has 0 saturated carbocycles. The Morgan fingerprint density at radius 3 is 2.52 bits per heavy atom. The first-order chi connectivity index (χ1) is 11.0. The Balaban J connectivity index is 1.90. The lowest BCUT2D eigenvalue weighted by molar-refractivity contribution is 0.0695. The van der Waals surface area contributed by atoms with Gasteiger partial charge in [0.1, 0.15) is 5.69 Å². The molecule has 0 atom stereocenters. The van der Waals surface area contributed by atoms with Gasteiger partial charge in [-0.1, -0.05) is 12.1 Å². The van der Waals surface area contributed by atoms with Gasteiger partial charge >= 0.3 is 5.97 Å². The van der Waals surface area contributed by atoms with E-state index in [1.165, 1.54) is 12.1 Å². The lowest BCUT2D eigenvalue weighted by Gasteiger charge is -2.06. The SMILES string of the molecule is NC(=O)c1cccc(CCNC(=O)c2ccc(C(=O)O)cn2)c1. The molecule has 23 heavy (non-hydrogen) atoms. The van der Waals surface area contributed by atoms with Crippen LogP contribution in [-0.4, -0.2) is 34.4 Å². The molecule has 2 amide bonds. The number of aromatic nitrogens is 1. The number of nitrogens with one attached hydrogen (secondary N) is 1. The van der Waals surface area contributed by atoms with Crippen LogP contribution in [0.25, 0.3) is 0 Å². The van der Waals surface area contributed by atoms with Crippen molar-refractivity contribution in [3.05, 3.63) is 65.0 Å². The maximum Gasteiger partial charge on any atom is 0.337 e. The average molecular weight is 313 g/mol. The van der Waals surface area contributed by atoms with Crippen LogP contribution in [-0.2, 0) is 6.42 Å². The number of hydrogen-bond acceptors (Lipinski definition) is 4. The summed E-state index contributed by atoms with van der Waals surface area (Å²) in [7, 11) is 0. The number of carboxylic acid groups (broad SMARTS) is 1. The third-order valence-corrected chi connectivity index (χ3v) is 3.15. The molecule has 0 aliphatic rings. The van der Waals surface area contributed by atoms with E-state index in [-0.39, 0.29) is 11.3 Å². The van der Waals surface area contributed by atoms with Gasteiger partial charge in [0.05, 0.1) is 5.56 Å². The Hall–Kier alpha value is -3.22. The number of hydrogen-bond donors (Lipinski definition) is 3. The van der Waals surface area contributed by atoms with Gasteiger partial charge in [0, 0.05) is 18.3 Å².